The van der Waals surface area contributed by atoms with E-state index in [0.29, 0.717) is 43.1 Å². The SMILES string of the molecule is COc1ccc(COC[C@@H](O)CN2C[C@H](C)C[C@@H](C)C2)cc1OC. The average Bonchev–Trinajstić information content (AvgIpc) is 2.53. The fourth-order valence-electron chi connectivity index (χ4n) is 3.58. The van der Waals surface area contributed by atoms with Crippen LogP contribution in [0.5, 0.6) is 11.5 Å². The van der Waals surface area contributed by atoms with E-state index >= 15 is 0 Å². The molecule has 0 radical (unpaired) electrons. The summed E-state index contributed by atoms with van der Waals surface area (Å²) in [6.07, 6.45) is 0.824. The number of benzene rings is 1. The Morgan fingerprint density at radius 1 is 1.12 bits per heavy atom. The van der Waals surface area contributed by atoms with Crippen molar-refractivity contribution in [2.45, 2.75) is 33.0 Å². The number of hydrogen-bond acceptors (Lipinski definition) is 5. The van der Waals surface area contributed by atoms with Gasteiger partial charge in [0.25, 0.3) is 0 Å². The van der Waals surface area contributed by atoms with Gasteiger partial charge in [0.2, 0.25) is 0 Å². The van der Waals surface area contributed by atoms with Gasteiger partial charge in [-0.25, -0.2) is 0 Å². The van der Waals surface area contributed by atoms with E-state index < -0.39 is 6.10 Å². The molecule has 0 unspecified atom stereocenters. The molecular weight excluding hydrogens is 306 g/mol. The third-order valence-electron chi connectivity index (χ3n) is 4.44. The fraction of sp³-hybridized carbons (Fsp3) is 0.684. The van der Waals surface area contributed by atoms with Crippen LogP contribution in [0.1, 0.15) is 25.8 Å². The smallest absolute Gasteiger partial charge is 0.161 e. The highest BCUT2D eigenvalue weighted by Crippen LogP contribution is 2.27. The van der Waals surface area contributed by atoms with Gasteiger partial charge in [-0.1, -0.05) is 19.9 Å². The minimum absolute atomic E-state index is 0.341. The molecule has 0 spiro atoms. The van der Waals surface area contributed by atoms with Gasteiger partial charge in [-0.3, -0.25) is 0 Å². The molecule has 5 nitrogen and oxygen atoms in total. The summed E-state index contributed by atoms with van der Waals surface area (Å²) in [6, 6.07) is 5.71. The summed E-state index contributed by atoms with van der Waals surface area (Å²) >= 11 is 0. The number of likely N-dealkylation sites (tertiary alicyclic amines) is 1. The van der Waals surface area contributed by atoms with Gasteiger partial charge in [-0.2, -0.15) is 0 Å². The Morgan fingerprint density at radius 3 is 2.42 bits per heavy atom. The van der Waals surface area contributed by atoms with E-state index in [-0.39, 0.29) is 0 Å². The van der Waals surface area contributed by atoms with Crippen LogP contribution < -0.4 is 9.47 Å². The maximum atomic E-state index is 10.2. The van der Waals surface area contributed by atoms with Gasteiger partial charge in [0, 0.05) is 19.6 Å². The molecule has 5 heteroatoms. The number of ether oxygens (including phenoxy) is 3. The van der Waals surface area contributed by atoms with Crippen molar-refractivity contribution in [1.29, 1.82) is 0 Å². The first-order valence-corrected chi connectivity index (χ1v) is 8.70. The number of aliphatic hydroxyl groups is 1. The first kappa shape index (κ1) is 19.0. The molecule has 1 N–H and O–H groups in total. The fourth-order valence-corrected chi connectivity index (χ4v) is 3.58. The van der Waals surface area contributed by atoms with Gasteiger partial charge in [0.1, 0.15) is 0 Å². The number of nitrogens with zero attached hydrogens (tertiary/aromatic N) is 1. The van der Waals surface area contributed by atoms with Gasteiger partial charge in [-0.05, 0) is 36.0 Å². The molecule has 0 saturated carbocycles. The highest BCUT2D eigenvalue weighted by Gasteiger charge is 2.23. The van der Waals surface area contributed by atoms with E-state index in [1.807, 2.05) is 18.2 Å². The number of piperidine rings is 1. The third kappa shape index (κ3) is 5.65. The Hall–Kier alpha value is -1.30. The van der Waals surface area contributed by atoms with Crippen LogP contribution in [0.3, 0.4) is 0 Å². The van der Waals surface area contributed by atoms with Crippen LogP contribution >= 0.6 is 0 Å². The summed E-state index contributed by atoms with van der Waals surface area (Å²) in [5, 5.41) is 10.2. The van der Waals surface area contributed by atoms with E-state index in [1.165, 1.54) is 6.42 Å². The van der Waals surface area contributed by atoms with Gasteiger partial charge >= 0.3 is 0 Å². The molecule has 3 atom stereocenters. The van der Waals surface area contributed by atoms with Crippen molar-refractivity contribution in [3.63, 3.8) is 0 Å². The lowest BCUT2D eigenvalue weighted by Crippen LogP contribution is -2.43. The summed E-state index contributed by atoms with van der Waals surface area (Å²) in [6.45, 7) is 8.16. The van der Waals surface area contributed by atoms with E-state index in [2.05, 4.69) is 18.7 Å². The van der Waals surface area contributed by atoms with E-state index in [4.69, 9.17) is 14.2 Å². The molecule has 1 aromatic rings. The molecule has 1 aliphatic rings. The summed E-state index contributed by atoms with van der Waals surface area (Å²) in [5.41, 5.74) is 1.00. The molecule has 1 aliphatic heterocycles. The number of hydrogen-bond donors (Lipinski definition) is 1. The topological polar surface area (TPSA) is 51.2 Å². The largest absolute Gasteiger partial charge is 0.493 e. The van der Waals surface area contributed by atoms with E-state index in [9.17, 15) is 5.11 Å². The lowest BCUT2D eigenvalue weighted by atomic mass is 9.92. The molecule has 1 fully saturated rings. The average molecular weight is 337 g/mol. The van der Waals surface area contributed by atoms with Gasteiger partial charge in [-0.15, -0.1) is 0 Å². The lowest BCUT2D eigenvalue weighted by Gasteiger charge is -2.35. The summed E-state index contributed by atoms with van der Waals surface area (Å²) in [5.74, 6) is 2.80. The molecule has 1 aromatic carbocycles. The maximum absolute atomic E-state index is 10.2. The second-order valence-corrected chi connectivity index (χ2v) is 7.02. The van der Waals surface area contributed by atoms with Crippen LogP contribution in [0.2, 0.25) is 0 Å². The molecule has 0 aromatic heterocycles. The van der Waals surface area contributed by atoms with Crippen molar-refractivity contribution in [1.82, 2.24) is 4.90 Å². The van der Waals surface area contributed by atoms with Crippen LogP contribution in [0.25, 0.3) is 0 Å². The van der Waals surface area contributed by atoms with Crippen LogP contribution in [0.4, 0.5) is 0 Å². The predicted molar refractivity (Wildman–Crippen MR) is 94.6 cm³/mol. The molecule has 0 amide bonds. The maximum Gasteiger partial charge on any atom is 0.161 e. The molecule has 136 valence electrons. The Bertz CT molecular complexity index is 498. The number of β-amino-alcohol motifs (C(OH)–C–C–N with tert-alkyl or cyclic N) is 1. The van der Waals surface area contributed by atoms with Crippen molar-refractivity contribution in [2.75, 3.05) is 40.5 Å². The number of rotatable bonds is 8. The normalized spacial score (nSPS) is 23.0. The van der Waals surface area contributed by atoms with Crippen molar-refractivity contribution in [3.05, 3.63) is 23.8 Å². The highest BCUT2D eigenvalue weighted by molar-refractivity contribution is 5.42. The molecular formula is C19H31NO4. The number of aliphatic hydroxyl groups excluding tert-OH is 1. The Balaban J connectivity index is 1.75. The third-order valence-corrected chi connectivity index (χ3v) is 4.44. The highest BCUT2D eigenvalue weighted by atomic mass is 16.5. The minimum atomic E-state index is -0.456. The first-order chi connectivity index (χ1) is 11.5. The second-order valence-electron chi connectivity index (χ2n) is 7.02. The van der Waals surface area contributed by atoms with Crippen LogP contribution in [0, 0.1) is 11.8 Å². The van der Waals surface area contributed by atoms with Crippen LogP contribution in [-0.2, 0) is 11.3 Å². The van der Waals surface area contributed by atoms with Crippen LogP contribution in [-0.4, -0.2) is 56.6 Å². The summed E-state index contributed by atoms with van der Waals surface area (Å²) in [4.78, 5) is 2.35. The lowest BCUT2D eigenvalue weighted by molar-refractivity contribution is -0.000930. The number of methoxy groups -OCH3 is 2. The first-order valence-electron chi connectivity index (χ1n) is 8.70. The zero-order valence-corrected chi connectivity index (χ0v) is 15.3. The van der Waals surface area contributed by atoms with Gasteiger partial charge in [0.05, 0.1) is 33.5 Å². The molecule has 1 saturated heterocycles. The summed E-state index contributed by atoms with van der Waals surface area (Å²) in [7, 11) is 3.24. The van der Waals surface area contributed by atoms with Crippen molar-refractivity contribution in [2.24, 2.45) is 11.8 Å². The monoisotopic (exact) mass is 337 g/mol. The standard InChI is InChI=1S/C19H31NO4/c1-14-7-15(2)10-20(9-14)11-17(21)13-24-12-16-5-6-18(22-3)19(8-16)23-4/h5-6,8,14-15,17,21H,7,9-13H2,1-4H3/t14-,15-,17+/m1/s1. The molecule has 2 rings (SSSR count). The minimum Gasteiger partial charge on any atom is -0.493 e. The van der Waals surface area contributed by atoms with Crippen LogP contribution in [0.15, 0.2) is 18.2 Å². The molecule has 0 bridgehead atoms. The van der Waals surface area contributed by atoms with E-state index in [1.54, 1.807) is 14.2 Å². The van der Waals surface area contributed by atoms with E-state index in [0.717, 1.165) is 18.7 Å². The second kappa shape index (κ2) is 9.25. The summed E-state index contributed by atoms with van der Waals surface area (Å²) < 4.78 is 16.2. The Morgan fingerprint density at radius 2 is 1.79 bits per heavy atom. The van der Waals surface area contributed by atoms with Gasteiger partial charge < -0.3 is 24.2 Å². The Kier molecular flexibility index (Phi) is 7.34. The van der Waals surface area contributed by atoms with Gasteiger partial charge in [0.15, 0.2) is 11.5 Å². The molecule has 24 heavy (non-hydrogen) atoms. The zero-order valence-electron chi connectivity index (χ0n) is 15.3. The molecule has 1 heterocycles. The quantitative estimate of drug-likeness (QED) is 0.790. The van der Waals surface area contributed by atoms with Crippen molar-refractivity contribution >= 4 is 0 Å². The predicted octanol–water partition coefficient (Wildman–Crippen LogP) is 2.56. The zero-order chi connectivity index (χ0) is 17.5. The Labute approximate surface area is 145 Å². The van der Waals surface area contributed by atoms with Crippen molar-refractivity contribution < 1.29 is 19.3 Å². The molecule has 0 aliphatic carbocycles. The van der Waals surface area contributed by atoms with Crippen molar-refractivity contribution in [3.8, 4) is 11.5 Å².